The molecule has 2 nitrogen and oxygen atoms in total. The molecule has 1 aliphatic rings. The zero-order valence-corrected chi connectivity index (χ0v) is 9.71. The van der Waals surface area contributed by atoms with E-state index in [1.807, 2.05) is 16.8 Å². The Labute approximate surface area is 94.9 Å². The molecule has 2 unspecified atom stereocenters. The fourth-order valence-electron chi connectivity index (χ4n) is 2.04. The van der Waals surface area contributed by atoms with Crippen LogP contribution in [-0.4, -0.2) is 17.8 Å². The predicted molar refractivity (Wildman–Crippen MR) is 62.1 cm³/mol. The van der Waals surface area contributed by atoms with Gasteiger partial charge in [0.15, 0.2) is 0 Å². The molecule has 2 atom stereocenters. The smallest absolute Gasteiger partial charge is 0.0798 e. The minimum Gasteiger partial charge on any atom is -0.388 e. The van der Waals surface area contributed by atoms with E-state index >= 15 is 0 Å². The first-order chi connectivity index (χ1) is 7.36. The Balaban J connectivity index is 1.65. The molecule has 0 bridgehead atoms. The maximum atomic E-state index is 9.85. The van der Waals surface area contributed by atoms with Crippen LogP contribution >= 0.6 is 11.3 Å². The van der Waals surface area contributed by atoms with Crippen LogP contribution in [0.25, 0.3) is 0 Å². The first kappa shape index (κ1) is 11.1. The highest BCUT2D eigenvalue weighted by Gasteiger charge is 2.16. The molecule has 0 aliphatic carbocycles. The molecule has 1 saturated heterocycles. The molecular formula is C12H18O2S. The zero-order chi connectivity index (χ0) is 10.5. The number of hydrogen-bond acceptors (Lipinski definition) is 3. The minimum atomic E-state index is -0.280. The maximum Gasteiger partial charge on any atom is 0.0798 e. The maximum absolute atomic E-state index is 9.85. The van der Waals surface area contributed by atoms with Gasteiger partial charge in [0.2, 0.25) is 0 Å². The average molecular weight is 226 g/mol. The van der Waals surface area contributed by atoms with Gasteiger partial charge >= 0.3 is 0 Å². The van der Waals surface area contributed by atoms with Crippen molar-refractivity contribution in [2.24, 2.45) is 0 Å². The molecule has 1 aliphatic heterocycles. The van der Waals surface area contributed by atoms with Gasteiger partial charge < -0.3 is 9.84 Å². The van der Waals surface area contributed by atoms with Crippen molar-refractivity contribution in [3.05, 3.63) is 22.4 Å². The van der Waals surface area contributed by atoms with Crippen LogP contribution in [0.5, 0.6) is 0 Å². The summed E-state index contributed by atoms with van der Waals surface area (Å²) in [6.07, 6.45) is 5.60. The van der Waals surface area contributed by atoms with Gasteiger partial charge in [0.05, 0.1) is 12.2 Å². The molecule has 0 radical (unpaired) electrons. The van der Waals surface area contributed by atoms with Crippen LogP contribution in [-0.2, 0) is 4.74 Å². The number of thiophene rings is 1. The number of aliphatic hydroxyl groups excluding tert-OH is 1. The second-order valence-electron chi connectivity index (χ2n) is 4.14. The molecule has 0 spiro atoms. The highest BCUT2D eigenvalue weighted by atomic mass is 32.1. The summed E-state index contributed by atoms with van der Waals surface area (Å²) >= 11 is 1.64. The zero-order valence-electron chi connectivity index (χ0n) is 8.89. The fraction of sp³-hybridized carbons (Fsp3) is 0.667. The number of aliphatic hydroxyl groups is 1. The first-order valence-corrected chi connectivity index (χ1v) is 6.62. The summed E-state index contributed by atoms with van der Waals surface area (Å²) < 4.78 is 5.55. The molecule has 84 valence electrons. The van der Waals surface area contributed by atoms with Gasteiger partial charge in [-0.15, -0.1) is 0 Å². The quantitative estimate of drug-likeness (QED) is 0.836. The molecular weight excluding hydrogens is 208 g/mol. The lowest BCUT2D eigenvalue weighted by atomic mass is 10.0. The van der Waals surface area contributed by atoms with Crippen LogP contribution in [0, 0.1) is 0 Å². The summed E-state index contributed by atoms with van der Waals surface area (Å²) in [7, 11) is 0. The van der Waals surface area contributed by atoms with E-state index in [2.05, 4.69) is 0 Å². The van der Waals surface area contributed by atoms with Gasteiger partial charge in [-0.1, -0.05) is 0 Å². The van der Waals surface area contributed by atoms with E-state index in [4.69, 9.17) is 4.74 Å². The lowest BCUT2D eigenvalue weighted by Crippen LogP contribution is -2.05. The first-order valence-electron chi connectivity index (χ1n) is 5.68. The SMILES string of the molecule is OC(CCCC1CCCO1)c1ccsc1. The van der Waals surface area contributed by atoms with Crippen molar-refractivity contribution in [1.82, 2.24) is 0 Å². The van der Waals surface area contributed by atoms with Crippen molar-refractivity contribution in [2.75, 3.05) is 6.61 Å². The molecule has 15 heavy (non-hydrogen) atoms. The Morgan fingerprint density at radius 2 is 2.53 bits per heavy atom. The molecule has 2 rings (SSSR count). The molecule has 3 heteroatoms. The Morgan fingerprint density at radius 1 is 1.60 bits per heavy atom. The van der Waals surface area contributed by atoms with Crippen LogP contribution < -0.4 is 0 Å². The summed E-state index contributed by atoms with van der Waals surface area (Å²) in [6, 6.07) is 2.00. The van der Waals surface area contributed by atoms with Crippen LogP contribution in [0.2, 0.25) is 0 Å². The normalized spacial score (nSPS) is 23.1. The largest absolute Gasteiger partial charge is 0.388 e. The molecule has 0 aromatic carbocycles. The minimum absolute atomic E-state index is 0.280. The van der Waals surface area contributed by atoms with Gasteiger partial charge in [0, 0.05) is 6.61 Å². The molecule has 1 aromatic heterocycles. The van der Waals surface area contributed by atoms with Crippen molar-refractivity contribution >= 4 is 11.3 Å². The lowest BCUT2D eigenvalue weighted by molar-refractivity contribution is 0.0945. The van der Waals surface area contributed by atoms with E-state index in [0.29, 0.717) is 6.10 Å². The predicted octanol–water partition coefficient (Wildman–Crippen LogP) is 3.13. The van der Waals surface area contributed by atoms with Crippen molar-refractivity contribution in [3.63, 3.8) is 0 Å². The van der Waals surface area contributed by atoms with Gasteiger partial charge in [-0.3, -0.25) is 0 Å². The number of ether oxygens (including phenoxy) is 1. The van der Waals surface area contributed by atoms with Gasteiger partial charge in [0.1, 0.15) is 0 Å². The third-order valence-corrected chi connectivity index (χ3v) is 3.66. The van der Waals surface area contributed by atoms with Crippen LogP contribution in [0.15, 0.2) is 16.8 Å². The summed E-state index contributed by atoms with van der Waals surface area (Å²) in [5.41, 5.74) is 1.06. The van der Waals surface area contributed by atoms with Gasteiger partial charge in [-0.05, 0) is 54.5 Å². The summed E-state index contributed by atoms with van der Waals surface area (Å²) in [5, 5.41) is 13.9. The second kappa shape index (κ2) is 5.64. The molecule has 0 saturated carbocycles. The molecule has 1 N–H and O–H groups in total. The highest BCUT2D eigenvalue weighted by Crippen LogP contribution is 2.24. The van der Waals surface area contributed by atoms with E-state index in [-0.39, 0.29) is 6.10 Å². The molecule has 2 heterocycles. The Bertz CT molecular complexity index is 265. The third kappa shape index (κ3) is 3.30. The summed E-state index contributed by atoms with van der Waals surface area (Å²) in [6.45, 7) is 0.928. The van der Waals surface area contributed by atoms with Gasteiger partial charge in [0.25, 0.3) is 0 Å². The highest BCUT2D eigenvalue weighted by molar-refractivity contribution is 7.07. The molecule has 0 amide bonds. The fourth-order valence-corrected chi connectivity index (χ4v) is 2.75. The lowest BCUT2D eigenvalue weighted by Gasteiger charge is -2.11. The van der Waals surface area contributed by atoms with Crippen molar-refractivity contribution in [3.8, 4) is 0 Å². The topological polar surface area (TPSA) is 29.5 Å². The summed E-state index contributed by atoms with van der Waals surface area (Å²) in [4.78, 5) is 0. The third-order valence-electron chi connectivity index (χ3n) is 2.96. The second-order valence-corrected chi connectivity index (χ2v) is 4.92. The van der Waals surface area contributed by atoms with E-state index in [1.165, 1.54) is 12.8 Å². The standard InChI is InChI=1S/C12H18O2S/c13-12(10-6-8-15-9-10)5-1-3-11-4-2-7-14-11/h6,8-9,11-13H,1-5,7H2. The van der Waals surface area contributed by atoms with Crippen molar-refractivity contribution in [2.45, 2.75) is 44.3 Å². The Hall–Kier alpha value is -0.380. The van der Waals surface area contributed by atoms with Crippen LogP contribution in [0.4, 0.5) is 0 Å². The van der Waals surface area contributed by atoms with Crippen LogP contribution in [0.3, 0.4) is 0 Å². The van der Waals surface area contributed by atoms with Crippen molar-refractivity contribution in [1.29, 1.82) is 0 Å². The summed E-state index contributed by atoms with van der Waals surface area (Å²) in [5.74, 6) is 0. The molecule has 1 fully saturated rings. The van der Waals surface area contributed by atoms with Crippen LogP contribution in [0.1, 0.15) is 43.8 Å². The number of rotatable bonds is 5. The van der Waals surface area contributed by atoms with E-state index in [9.17, 15) is 5.11 Å². The van der Waals surface area contributed by atoms with Gasteiger partial charge in [-0.25, -0.2) is 0 Å². The monoisotopic (exact) mass is 226 g/mol. The van der Waals surface area contributed by atoms with E-state index in [1.54, 1.807) is 11.3 Å². The molecule has 1 aromatic rings. The Morgan fingerprint density at radius 3 is 3.20 bits per heavy atom. The van der Waals surface area contributed by atoms with E-state index < -0.39 is 0 Å². The van der Waals surface area contributed by atoms with Gasteiger partial charge in [-0.2, -0.15) is 11.3 Å². The Kier molecular flexibility index (Phi) is 4.18. The number of hydrogen-bond donors (Lipinski definition) is 1. The average Bonchev–Trinajstić information content (AvgIpc) is 2.90. The van der Waals surface area contributed by atoms with E-state index in [0.717, 1.165) is 31.4 Å². The van der Waals surface area contributed by atoms with Crippen molar-refractivity contribution < 1.29 is 9.84 Å².